The van der Waals surface area contributed by atoms with Crippen LogP contribution in [-0.2, 0) is 13.6 Å². The van der Waals surface area contributed by atoms with Gasteiger partial charge in [0.05, 0.1) is 18.2 Å². The van der Waals surface area contributed by atoms with Gasteiger partial charge in [-0.2, -0.15) is 5.10 Å². The maximum atomic E-state index is 13.5. The van der Waals surface area contributed by atoms with E-state index in [1.165, 1.54) is 4.68 Å². The first-order chi connectivity index (χ1) is 13.1. The topological polar surface area (TPSA) is 68.3 Å². The smallest absolute Gasteiger partial charge is 0.279 e. The van der Waals surface area contributed by atoms with Crippen molar-refractivity contribution in [2.45, 2.75) is 6.54 Å². The second-order valence-corrected chi connectivity index (χ2v) is 6.13. The maximum Gasteiger partial charge on any atom is 0.279 e. The summed E-state index contributed by atoms with van der Waals surface area (Å²) < 4.78 is 6.63. The number of aromatic nitrogens is 2. The molecule has 0 saturated heterocycles. The zero-order valence-electron chi connectivity index (χ0n) is 14.7. The summed E-state index contributed by atoms with van der Waals surface area (Å²) in [5, 5.41) is 5.25. The van der Waals surface area contributed by atoms with Crippen molar-refractivity contribution in [3.05, 3.63) is 94.8 Å². The molecule has 0 N–H and O–H groups in total. The highest BCUT2D eigenvalue weighted by molar-refractivity contribution is 6.12. The van der Waals surface area contributed by atoms with Gasteiger partial charge >= 0.3 is 0 Å². The summed E-state index contributed by atoms with van der Waals surface area (Å²) in [5.74, 6) is 0.353. The van der Waals surface area contributed by atoms with Crippen molar-refractivity contribution in [2.24, 2.45) is 7.05 Å². The predicted molar refractivity (Wildman–Crippen MR) is 103 cm³/mol. The molecule has 0 unspecified atom stereocenters. The maximum absolute atomic E-state index is 13.5. The van der Waals surface area contributed by atoms with E-state index >= 15 is 0 Å². The Bertz CT molecular complexity index is 1150. The van der Waals surface area contributed by atoms with Gasteiger partial charge in [-0.3, -0.25) is 14.5 Å². The molecule has 4 rings (SSSR count). The molecule has 0 atom stereocenters. The molecule has 6 nitrogen and oxygen atoms in total. The number of rotatable bonds is 4. The van der Waals surface area contributed by atoms with Crippen LogP contribution in [0.3, 0.4) is 0 Å². The summed E-state index contributed by atoms with van der Waals surface area (Å²) in [6, 6.07) is 19.9. The van der Waals surface area contributed by atoms with Crippen LogP contribution in [0.25, 0.3) is 10.8 Å². The Kier molecular flexibility index (Phi) is 4.30. The van der Waals surface area contributed by atoms with E-state index in [2.05, 4.69) is 5.10 Å². The zero-order chi connectivity index (χ0) is 18.8. The molecule has 0 aliphatic carbocycles. The molecule has 0 fully saturated rings. The number of carbonyl (C=O) groups excluding carboxylic acids is 1. The average molecular weight is 359 g/mol. The van der Waals surface area contributed by atoms with Gasteiger partial charge in [0.2, 0.25) is 0 Å². The number of carbonyl (C=O) groups is 1. The molecule has 0 bridgehead atoms. The minimum Gasteiger partial charge on any atom is -0.467 e. The lowest BCUT2D eigenvalue weighted by Crippen LogP contribution is -2.33. The molecule has 0 radical (unpaired) electrons. The molecule has 134 valence electrons. The van der Waals surface area contributed by atoms with Gasteiger partial charge in [-0.05, 0) is 30.3 Å². The highest BCUT2D eigenvalue weighted by atomic mass is 16.3. The average Bonchev–Trinajstić information content (AvgIpc) is 3.22. The van der Waals surface area contributed by atoms with Crippen LogP contribution in [0.5, 0.6) is 0 Å². The summed E-state index contributed by atoms with van der Waals surface area (Å²) in [4.78, 5) is 27.4. The summed E-state index contributed by atoms with van der Waals surface area (Å²) in [5.41, 5.74) is 0.709. The van der Waals surface area contributed by atoms with Gasteiger partial charge in [0.1, 0.15) is 5.76 Å². The molecule has 0 spiro atoms. The molecule has 2 heterocycles. The zero-order valence-corrected chi connectivity index (χ0v) is 14.7. The lowest BCUT2D eigenvalue weighted by Gasteiger charge is -2.22. The molecular weight excluding hydrogens is 342 g/mol. The number of hydrogen-bond donors (Lipinski definition) is 0. The van der Waals surface area contributed by atoms with Crippen LogP contribution in [0.4, 0.5) is 5.69 Å². The number of amides is 1. The lowest BCUT2D eigenvalue weighted by atomic mass is 10.1. The monoisotopic (exact) mass is 359 g/mol. The second kappa shape index (κ2) is 6.92. The van der Waals surface area contributed by atoms with Gasteiger partial charge < -0.3 is 4.42 Å². The normalized spacial score (nSPS) is 10.9. The number of furan rings is 1. The molecule has 0 aliphatic rings. The highest BCUT2D eigenvalue weighted by Gasteiger charge is 2.24. The number of hydrogen-bond acceptors (Lipinski definition) is 4. The van der Waals surface area contributed by atoms with Crippen molar-refractivity contribution < 1.29 is 9.21 Å². The number of para-hydroxylation sites is 1. The Balaban J connectivity index is 1.86. The quantitative estimate of drug-likeness (QED) is 0.560. The Morgan fingerprint density at radius 3 is 2.41 bits per heavy atom. The molecule has 2 aromatic carbocycles. The fraction of sp³-hybridized carbons (Fsp3) is 0.0952. The third-order valence-corrected chi connectivity index (χ3v) is 4.37. The first kappa shape index (κ1) is 16.8. The van der Waals surface area contributed by atoms with E-state index in [1.54, 1.807) is 48.5 Å². The third kappa shape index (κ3) is 3.13. The standard InChI is InChI=1S/C21H17N3O3/c1-23-20(25)18-12-6-5-11-17(18)19(22-23)21(26)24(14-16-10-7-13-27-16)15-8-3-2-4-9-15/h2-13H,14H2,1H3. The van der Waals surface area contributed by atoms with Crippen molar-refractivity contribution >= 4 is 22.4 Å². The minimum absolute atomic E-state index is 0.225. The van der Waals surface area contributed by atoms with Gasteiger partial charge in [0, 0.05) is 18.1 Å². The summed E-state index contributed by atoms with van der Waals surface area (Å²) in [6.45, 7) is 0.259. The van der Waals surface area contributed by atoms with Crippen LogP contribution in [0, 0.1) is 0 Å². The fourth-order valence-electron chi connectivity index (χ4n) is 3.03. The van der Waals surface area contributed by atoms with E-state index in [-0.39, 0.29) is 23.7 Å². The Labute approximate surface area is 155 Å². The summed E-state index contributed by atoms with van der Waals surface area (Å²) in [6.07, 6.45) is 1.57. The van der Waals surface area contributed by atoms with E-state index in [0.29, 0.717) is 16.5 Å². The molecule has 27 heavy (non-hydrogen) atoms. The number of aryl methyl sites for hydroxylation is 1. The lowest BCUT2D eigenvalue weighted by molar-refractivity contribution is 0.0978. The van der Waals surface area contributed by atoms with Gasteiger partial charge in [-0.1, -0.05) is 36.4 Å². The van der Waals surface area contributed by atoms with E-state index in [4.69, 9.17) is 4.42 Å². The Hall–Kier alpha value is -3.67. The predicted octanol–water partition coefficient (Wildman–Crippen LogP) is 3.37. The number of anilines is 1. The van der Waals surface area contributed by atoms with Crippen LogP contribution in [0.15, 0.2) is 82.2 Å². The number of nitrogens with zero attached hydrogens (tertiary/aromatic N) is 3. The fourth-order valence-corrected chi connectivity index (χ4v) is 3.03. The minimum atomic E-state index is -0.301. The largest absolute Gasteiger partial charge is 0.467 e. The molecule has 6 heteroatoms. The molecule has 0 aliphatic heterocycles. The molecule has 4 aromatic rings. The van der Waals surface area contributed by atoms with E-state index < -0.39 is 0 Å². The Morgan fingerprint density at radius 2 is 1.70 bits per heavy atom. The van der Waals surface area contributed by atoms with E-state index in [9.17, 15) is 9.59 Å². The van der Waals surface area contributed by atoms with Gasteiger partial charge in [-0.15, -0.1) is 0 Å². The second-order valence-electron chi connectivity index (χ2n) is 6.13. The van der Waals surface area contributed by atoms with Crippen LogP contribution < -0.4 is 10.5 Å². The van der Waals surface area contributed by atoms with Gasteiger partial charge in [0.25, 0.3) is 11.5 Å². The van der Waals surface area contributed by atoms with Crippen molar-refractivity contribution in [3.8, 4) is 0 Å². The van der Waals surface area contributed by atoms with Crippen LogP contribution >= 0.6 is 0 Å². The molecule has 1 amide bonds. The molecule has 0 saturated carbocycles. The van der Waals surface area contributed by atoms with Crippen LogP contribution in [0.2, 0.25) is 0 Å². The number of fused-ring (bicyclic) bond motifs is 1. The third-order valence-electron chi connectivity index (χ3n) is 4.37. The first-order valence-corrected chi connectivity index (χ1v) is 8.50. The van der Waals surface area contributed by atoms with Gasteiger partial charge in [0.15, 0.2) is 5.69 Å². The van der Waals surface area contributed by atoms with Crippen molar-refractivity contribution in [2.75, 3.05) is 4.90 Å². The summed E-state index contributed by atoms with van der Waals surface area (Å²) >= 11 is 0. The van der Waals surface area contributed by atoms with E-state index in [0.717, 1.165) is 5.69 Å². The summed E-state index contributed by atoms with van der Waals surface area (Å²) in [7, 11) is 1.55. The van der Waals surface area contributed by atoms with Crippen molar-refractivity contribution in [3.63, 3.8) is 0 Å². The van der Waals surface area contributed by atoms with Gasteiger partial charge in [-0.25, -0.2) is 4.68 Å². The highest BCUT2D eigenvalue weighted by Crippen LogP contribution is 2.22. The van der Waals surface area contributed by atoms with Crippen molar-refractivity contribution in [1.29, 1.82) is 0 Å². The molecule has 2 aromatic heterocycles. The Morgan fingerprint density at radius 1 is 1.00 bits per heavy atom. The van der Waals surface area contributed by atoms with Crippen molar-refractivity contribution in [1.82, 2.24) is 9.78 Å². The van der Waals surface area contributed by atoms with E-state index in [1.807, 2.05) is 36.4 Å². The first-order valence-electron chi connectivity index (χ1n) is 8.50. The van der Waals surface area contributed by atoms with Crippen LogP contribution in [0.1, 0.15) is 16.2 Å². The number of benzene rings is 2. The van der Waals surface area contributed by atoms with Crippen LogP contribution in [-0.4, -0.2) is 15.7 Å². The molecular formula is C21H17N3O3. The SMILES string of the molecule is Cn1nc(C(=O)N(Cc2ccco2)c2ccccc2)c2ccccc2c1=O.